The number of para-hydroxylation sites is 1. The van der Waals surface area contributed by atoms with Crippen LogP contribution in [0.3, 0.4) is 0 Å². The standard InChI is InChI=1S/C17H14F5N3O2/c18-12-2-1-3-13(19)15(12)25-16(27)24-11-6-4-10(5-7-11)8-14(26)23-9-17(20,21)22/h1-7H,8-9H2,(H,23,26)(H2,24,25,27). The molecule has 0 atom stereocenters. The van der Waals surface area contributed by atoms with Gasteiger partial charge in [-0.15, -0.1) is 0 Å². The molecule has 0 aromatic heterocycles. The number of alkyl halides is 3. The van der Waals surface area contributed by atoms with Gasteiger partial charge in [-0.2, -0.15) is 13.2 Å². The van der Waals surface area contributed by atoms with Crippen LogP contribution in [0.2, 0.25) is 0 Å². The highest BCUT2D eigenvalue weighted by Crippen LogP contribution is 2.18. The minimum absolute atomic E-state index is 0.253. The number of amides is 3. The molecule has 3 N–H and O–H groups in total. The first-order valence-corrected chi connectivity index (χ1v) is 7.58. The number of hydrogen-bond donors (Lipinski definition) is 3. The van der Waals surface area contributed by atoms with Crippen LogP contribution in [0.15, 0.2) is 42.5 Å². The molecule has 0 aliphatic carbocycles. The molecule has 0 fully saturated rings. The summed E-state index contributed by atoms with van der Waals surface area (Å²) in [5.74, 6) is -2.68. The van der Waals surface area contributed by atoms with Gasteiger partial charge in [0.25, 0.3) is 0 Å². The smallest absolute Gasteiger partial charge is 0.347 e. The number of carbonyl (C=O) groups excluding carboxylic acids is 2. The van der Waals surface area contributed by atoms with Crippen LogP contribution in [0, 0.1) is 11.6 Å². The molecule has 0 bridgehead atoms. The van der Waals surface area contributed by atoms with Gasteiger partial charge in [0.05, 0.1) is 6.42 Å². The van der Waals surface area contributed by atoms with Gasteiger partial charge in [0.1, 0.15) is 23.9 Å². The summed E-state index contributed by atoms with van der Waals surface area (Å²) in [6, 6.07) is 7.85. The van der Waals surface area contributed by atoms with Gasteiger partial charge < -0.3 is 16.0 Å². The minimum atomic E-state index is -4.49. The van der Waals surface area contributed by atoms with E-state index in [1.807, 2.05) is 5.32 Å². The normalized spacial score (nSPS) is 11.0. The Bertz CT molecular complexity index is 802. The predicted molar refractivity (Wildman–Crippen MR) is 88.2 cm³/mol. The second-order valence-electron chi connectivity index (χ2n) is 5.44. The van der Waals surface area contributed by atoms with E-state index < -0.39 is 42.0 Å². The monoisotopic (exact) mass is 387 g/mol. The van der Waals surface area contributed by atoms with E-state index >= 15 is 0 Å². The average Bonchev–Trinajstić information content (AvgIpc) is 2.58. The summed E-state index contributed by atoms with van der Waals surface area (Å²) in [5.41, 5.74) is 0.0671. The van der Waals surface area contributed by atoms with Crippen LogP contribution in [0.25, 0.3) is 0 Å². The summed E-state index contributed by atoms with van der Waals surface area (Å²) in [7, 11) is 0. The third kappa shape index (κ3) is 6.57. The number of halogens is 5. The van der Waals surface area contributed by atoms with Gasteiger partial charge in [0.2, 0.25) is 5.91 Å². The second kappa shape index (κ2) is 8.47. The number of rotatable bonds is 5. The van der Waals surface area contributed by atoms with Gasteiger partial charge in [0.15, 0.2) is 0 Å². The summed E-state index contributed by atoms with van der Waals surface area (Å²) in [4.78, 5) is 23.2. The van der Waals surface area contributed by atoms with Crippen molar-refractivity contribution in [3.8, 4) is 0 Å². The lowest BCUT2D eigenvalue weighted by Crippen LogP contribution is -2.34. The minimum Gasteiger partial charge on any atom is -0.347 e. The summed E-state index contributed by atoms with van der Waals surface area (Å²) >= 11 is 0. The number of anilines is 2. The molecule has 5 nitrogen and oxygen atoms in total. The molecule has 0 aliphatic heterocycles. The number of hydrogen-bond acceptors (Lipinski definition) is 2. The van der Waals surface area contributed by atoms with Crippen LogP contribution in [0.5, 0.6) is 0 Å². The van der Waals surface area contributed by atoms with Crippen molar-refractivity contribution in [3.05, 3.63) is 59.7 Å². The summed E-state index contributed by atoms with van der Waals surface area (Å²) in [6.07, 6.45) is -4.77. The van der Waals surface area contributed by atoms with Crippen molar-refractivity contribution in [3.63, 3.8) is 0 Å². The Morgan fingerprint density at radius 3 is 2.04 bits per heavy atom. The highest BCUT2D eigenvalue weighted by molar-refractivity contribution is 5.99. The van der Waals surface area contributed by atoms with Gasteiger partial charge in [-0.05, 0) is 29.8 Å². The fourth-order valence-electron chi connectivity index (χ4n) is 2.05. The van der Waals surface area contributed by atoms with Crippen LogP contribution in [-0.4, -0.2) is 24.7 Å². The topological polar surface area (TPSA) is 70.2 Å². The Hall–Kier alpha value is -3.17. The van der Waals surface area contributed by atoms with Crippen LogP contribution in [-0.2, 0) is 11.2 Å². The van der Waals surface area contributed by atoms with E-state index in [0.29, 0.717) is 5.56 Å². The highest BCUT2D eigenvalue weighted by atomic mass is 19.4. The van der Waals surface area contributed by atoms with Crippen molar-refractivity contribution in [1.82, 2.24) is 5.32 Å². The Labute approximate surface area is 150 Å². The van der Waals surface area contributed by atoms with E-state index in [1.165, 1.54) is 24.3 Å². The van der Waals surface area contributed by atoms with E-state index in [1.54, 1.807) is 5.32 Å². The zero-order valence-electron chi connectivity index (χ0n) is 13.7. The lowest BCUT2D eigenvalue weighted by molar-refractivity contribution is -0.138. The largest absolute Gasteiger partial charge is 0.405 e. The molecule has 144 valence electrons. The first-order valence-electron chi connectivity index (χ1n) is 7.58. The van der Waals surface area contributed by atoms with E-state index in [2.05, 4.69) is 5.32 Å². The van der Waals surface area contributed by atoms with Gasteiger partial charge in [-0.1, -0.05) is 18.2 Å². The van der Waals surface area contributed by atoms with E-state index in [4.69, 9.17) is 0 Å². The van der Waals surface area contributed by atoms with Gasteiger partial charge in [-0.3, -0.25) is 4.79 Å². The van der Waals surface area contributed by atoms with E-state index in [9.17, 15) is 31.5 Å². The van der Waals surface area contributed by atoms with Crippen LogP contribution >= 0.6 is 0 Å². The molecule has 0 radical (unpaired) electrons. The zero-order chi connectivity index (χ0) is 20.0. The maximum absolute atomic E-state index is 13.5. The van der Waals surface area contributed by atoms with Crippen molar-refractivity contribution in [2.45, 2.75) is 12.6 Å². The molecule has 0 saturated heterocycles. The molecule has 2 rings (SSSR count). The number of nitrogens with one attached hydrogen (secondary N) is 3. The number of benzene rings is 2. The summed E-state index contributed by atoms with van der Waals surface area (Å²) in [6.45, 7) is -1.42. The van der Waals surface area contributed by atoms with Crippen molar-refractivity contribution >= 4 is 23.3 Å². The summed E-state index contributed by atoms with van der Waals surface area (Å²) < 4.78 is 63.0. The summed E-state index contributed by atoms with van der Waals surface area (Å²) in [5, 5.41) is 6.11. The Balaban J connectivity index is 1.90. The van der Waals surface area contributed by atoms with Crippen LogP contribution < -0.4 is 16.0 Å². The van der Waals surface area contributed by atoms with Crippen molar-refractivity contribution < 1.29 is 31.5 Å². The molecule has 27 heavy (non-hydrogen) atoms. The first kappa shape index (κ1) is 20.1. The SMILES string of the molecule is O=C(Cc1ccc(NC(=O)Nc2c(F)cccc2F)cc1)NCC(F)(F)F. The zero-order valence-corrected chi connectivity index (χ0v) is 13.7. The lowest BCUT2D eigenvalue weighted by atomic mass is 10.1. The lowest BCUT2D eigenvalue weighted by Gasteiger charge is -2.10. The van der Waals surface area contributed by atoms with Crippen molar-refractivity contribution in [2.24, 2.45) is 0 Å². The van der Waals surface area contributed by atoms with Gasteiger partial charge >= 0.3 is 12.2 Å². The molecule has 3 amide bonds. The van der Waals surface area contributed by atoms with Gasteiger partial charge in [-0.25, -0.2) is 13.6 Å². The maximum Gasteiger partial charge on any atom is 0.405 e. The molecule has 2 aromatic rings. The molecule has 0 spiro atoms. The molecular weight excluding hydrogens is 373 g/mol. The van der Waals surface area contributed by atoms with Crippen molar-refractivity contribution in [1.29, 1.82) is 0 Å². The Kier molecular flexibility index (Phi) is 6.32. The predicted octanol–water partition coefficient (Wildman–Crippen LogP) is 3.83. The number of carbonyl (C=O) groups is 2. The second-order valence-corrected chi connectivity index (χ2v) is 5.44. The maximum atomic E-state index is 13.5. The first-order chi connectivity index (χ1) is 12.6. The fourth-order valence-corrected chi connectivity index (χ4v) is 2.05. The molecular formula is C17H14F5N3O2. The average molecular weight is 387 g/mol. The quantitative estimate of drug-likeness (QED) is 0.683. The van der Waals surface area contributed by atoms with Crippen LogP contribution in [0.4, 0.5) is 38.1 Å². The third-order valence-electron chi connectivity index (χ3n) is 3.26. The molecule has 0 saturated carbocycles. The van der Waals surface area contributed by atoms with Crippen LogP contribution in [0.1, 0.15) is 5.56 Å². The van der Waals surface area contributed by atoms with E-state index in [-0.39, 0.29) is 12.1 Å². The van der Waals surface area contributed by atoms with E-state index in [0.717, 1.165) is 18.2 Å². The third-order valence-corrected chi connectivity index (χ3v) is 3.26. The Morgan fingerprint density at radius 2 is 1.48 bits per heavy atom. The number of urea groups is 1. The highest BCUT2D eigenvalue weighted by Gasteiger charge is 2.27. The fraction of sp³-hybridized carbons (Fsp3) is 0.176. The molecule has 0 heterocycles. The molecule has 0 unspecified atom stereocenters. The van der Waals surface area contributed by atoms with Gasteiger partial charge in [0, 0.05) is 5.69 Å². The molecule has 10 heteroatoms. The Morgan fingerprint density at radius 1 is 0.889 bits per heavy atom. The van der Waals surface area contributed by atoms with Crippen molar-refractivity contribution in [2.75, 3.05) is 17.2 Å². The molecule has 2 aromatic carbocycles. The molecule has 0 aliphatic rings.